The van der Waals surface area contributed by atoms with Gasteiger partial charge in [0.25, 0.3) is 0 Å². The van der Waals surface area contributed by atoms with Gasteiger partial charge in [0, 0.05) is 25.9 Å². The summed E-state index contributed by atoms with van der Waals surface area (Å²) < 4.78 is 0. The van der Waals surface area contributed by atoms with Crippen LogP contribution in [0.1, 0.15) is 110 Å². The van der Waals surface area contributed by atoms with Crippen LogP contribution in [-0.4, -0.2) is 60.0 Å². The molecule has 0 unspecified atom stereocenters. The molecule has 0 heterocycles. The Bertz CT molecular complexity index is 213. The van der Waals surface area contributed by atoms with Gasteiger partial charge in [-0.2, -0.15) is 0 Å². The maximum Gasteiger partial charge on any atom is 0 e. The minimum atomic E-state index is -0.653. The Morgan fingerprint density at radius 3 is 1.18 bits per heavy atom. The Kier molecular flexibility index (Phi) is 32.2. The molecule has 0 aliphatic carbocycles. The molecule has 0 bridgehead atoms. The maximum absolute atomic E-state index is 10.3. The zero-order chi connectivity index (χ0) is 14.9. The molecule has 0 radical (unpaired) electrons. The van der Waals surface area contributed by atoms with E-state index < -0.39 is 5.97 Å². The molecule has 126 valence electrons. The second-order valence-electron chi connectivity index (χ2n) is 6.09. The van der Waals surface area contributed by atoms with Gasteiger partial charge >= 0.3 is 54.9 Å². The summed E-state index contributed by atoms with van der Waals surface area (Å²) >= 11 is 0. The average Bonchev–Trinajstić information content (AvgIpc) is 2.43. The van der Waals surface area contributed by atoms with Crippen molar-refractivity contribution in [1.82, 2.24) is 0 Å². The number of hydrogen-bond acceptors (Lipinski definition) is 1. The van der Waals surface area contributed by atoms with Gasteiger partial charge in [-0.3, -0.25) is 4.79 Å². The number of aliphatic carboxylic acids is 1. The van der Waals surface area contributed by atoms with Crippen LogP contribution in [0.15, 0.2) is 0 Å². The first-order chi connectivity index (χ1) is 9.77. The third-order valence-electron chi connectivity index (χ3n) is 3.99. The second-order valence-corrected chi connectivity index (χ2v) is 6.09. The smallest absolute Gasteiger partial charge is 0 e. The number of unbranched alkanes of at least 4 members (excludes halogenated alkanes) is 14. The van der Waals surface area contributed by atoms with Crippen LogP contribution in [0.4, 0.5) is 0 Å². The normalized spacial score (nSPS) is 9.86. The quantitative estimate of drug-likeness (QED) is 0.233. The standard InChI is InChI=1S/C18H36O2.Ba.Zn.2H/c1-2-3-4-5-6-7-8-9-10-11-12-13-14-15-16-17-18(19)20;;;;/h2-17H2,1H3,(H,19,20);;;;. The van der Waals surface area contributed by atoms with E-state index in [4.69, 9.17) is 5.11 Å². The van der Waals surface area contributed by atoms with Crippen molar-refractivity contribution < 1.29 is 29.4 Å². The van der Waals surface area contributed by atoms with E-state index >= 15 is 0 Å². The molecule has 0 spiro atoms. The van der Waals surface area contributed by atoms with Gasteiger partial charge in [0.2, 0.25) is 0 Å². The van der Waals surface area contributed by atoms with Crippen LogP contribution in [0, 0.1) is 0 Å². The number of carboxylic acids is 1. The molecule has 0 amide bonds. The first kappa shape index (κ1) is 28.5. The molecular weight excluding hydrogens is 451 g/mol. The molecular formula is C18H38BaO2Zn. The zero-order valence-electron chi connectivity index (χ0n) is 14.4. The summed E-state index contributed by atoms with van der Waals surface area (Å²) in [6.07, 6.45) is 20.2. The molecule has 0 fully saturated rings. The SMILES string of the molecule is CCCCCCCCCCCCCCCCCC(=O)O.[BaH2].[Zn]. The topological polar surface area (TPSA) is 37.3 Å². The monoisotopic (exact) mass is 488 g/mol. The van der Waals surface area contributed by atoms with E-state index in [1.807, 2.05) is 0 Å². The molecule has 2 nitrogen and oxygen atoms in total. The van der Waals surface area contributed by atoms with Gasteiger partial charge in [-0.15, -0.1) is 0 Å². The van der Waals surface area contributed by atoms with Crippen molar-refractivity contribution in [2.24, 2.45) is 0 Å². The number of hydrogen-bond donors (Lipinski definition) is 1. The Morgan fingerprint density at radius 1 is 0.636 bits per heavy atom. The van der Waals surface area contributed by atoms with Crippen molar-refractivity contribution in [2.45, 2.75) is 110 Å². The largest absolute Gasteiger partial charge is 0 e. The third-order valence-corrected chi connectivity index (χ3v) is 3.99. The molecule has 1 N–H and O–H groups in total. The summed E-state index contributed by atoms with van der Waals surface area (Å²) in [5.41, 5.74) is 0. The van der Waals surface area contributed by atoms with Crippen molar-refractivity contribution in [3.8, 4) is 0 Å². The molecule has 0 saturated heterocycles. The molecule has 0 aromatic carbocycles. The van der Waals surface area contributed by atoms with Crippen molar-refractivity contribution in [2.75, 3.05) is 0 Å². The van der Waals surface area contributed by atoms with E-state index in [2.05, 4.69) is 6.92 Å². The third kappa shape index (κ3) is 26.6. The molecule has 0 aliphatic heterocycles. The summed E-state index contributed by atoms with van der Waals surface area (Å²) in [4.78, 5) is 10.3. The average molecular weight is 489 g/mol. The van der Waals surface area contributed by atoms with E-state index in [1.54, 1.807) is 0 Å². The van der Waals surface area contributed by atoms with Gasteiger partial charge < -0.3 is 5.11 Å². The van der Waals surface area contributed by atoms with Crippen molar-refractivity contribution in [3.63, 3.8) is 0 Å². The Labute approximate surface area is 191 Å². The fraction of sp³-hybridized carbons (Fsp3) is 0.944. The summed E-state index contributed by atoms with van der Waals surface area (Å²) in [6, 6.07) is 0. The second kappa shape index (κ2) is 24.9. The van der Waals surface area contributed by atoms with Crippen LogP contribution < -0.4 is 0 Å². The predicted molar refractivity (Wildman–Crippen MR) is 95.7 cm³/mol. The van der Waals surface area contributed by atoms with Crippen LogP contribution in [0.3, 0.4) is 0 Å². The first-order valence-electron chi connectivity index (χ1n) is 8.99. The number of carboxylic acid groups (broad SMARTS) is 1. The zero-order valence-corrected chi connectivity index (χ0v) is 17.3. The Hall–Kier alpha value is 1.66. The van der Waals surface area contributed by atoms with E-state index in [-0.39, 0.29) is 68.4 Å². The Balaban J connectivity index is -0.00000180. The number of carbonyl (C=O) groups is 1. The van der Waals surface area contributed by atoms with E-state index in [1.165, 1.54) is 83.5 Å². The van der Waals surface area contributed by atoms with Gasteiger partial charge in [-0.05, 0) is 6.42 Å². The van der Waals surface area contributed by atoms with Gasteiger partial charge in [0.05, 0.1) is 0 Å². The number of rotatable bonds is 16. The van der Waals surface area contributed by atoms with Crippen molar-refractivity contribution >= 4 is 54.9 Å². The molecule has 0 aromatic heterocycles. The summed E-state index contributed by atoms with van der Waals surface area (Å²) in [6.45, 7) is 2.27. The fourth-order valence-corrected chi connectivity index (χ4v) is 2.65. The molecule has 4 heteroatoms. The van der Waals surface area contributed by atoms with Crippen LogP contribution in [0.5, 0.6) is 0 Å². The molecule has 0 rings (SSSR count). The minimum absolute atomic E-state index is 0. The van der Waals surface area contributed by atoms with Crippen molar-refractivity contribution in [1.29, 1.82) is 0 Å². The van der Waals surface area contributed by atoms with Crippen LogP contribution >= 0.6 is 0 Å². The maximum atomic E-state index is 10.3. The molecule has 0 atom stereocenters. The summed E-state index contributed by atoms with van der Waals surface area (Å²) in [5, 5.41) is 8.52. The van der Waals surface area contributed by atoms with E-state index in [9.17, 15) is 4.79 Å². The first-order valence-corrected chi connectivity index (χ1v) is 8.99. The van der Waals surface area contributed by atoms with Crippen LogP contribution in [-0.2, 0) is 24.3 Å². The van der Waals surface area contributed by atoms with Crippen LogP contribution in [0.2, 0.25) is 0 Å². The Morgan fingerprint density at radius 2 is 0.909 bits per heavy atom. The molecule has 0 aromatic rings. The summed E-state index contributed by atoms with van der Waals surface area (Å²) in [5.74, 6) is -0.653. The predicted octanol–water partition coefficient (Wildman–Crippen LogP) is 5.41. The minimum Gasteiger partial charge on any atom is 0 e. The van der Waals surface area contributed by atoms with E-state index in [0.717, 1.165) is 12.8 Å². The van der Waals surface area contributed by atoms with Gasteiger partial charge in [0.15, 0.2) is 0 Å². The molecule has 0 saturated carbocycles. The summed E-state index contributed by atoms with van der Waals surface area (Å²) in [7, 11) is 0. The van der Waals surface area contributed by atoms with Gasteiger partial charge in [0.1, 0.15) is 0 Å². The molecule has 22 heavy (non-hydrogen) atoms. The van der Waals surface area contributed by atoms with Gasteiger partial charge in [-0.25, -0.2) is 0 Å². The fourth-order valence-electron chi connectivity index (χ4n) is 2.65. The van der Waals surface area contributed by atoms with Crippen LogP contribution in [0.25, 0.3) is 0 Å². The van der Waals surface area contributed by atoms with E-state index in [0.29, 0.717) is 6.42 Å². The van der Waals surface area contributed by atoms with Crippen molar-refractivity contribution in [3.05, 3.63) is 0 Å². The molecule has 0 aliphatic rings. The van der Waals surface area contributed by atoms with Gasteiger partial charge in [-0.1, -0.05) is 96.8 Å².